The Morgan fingerprint density at radius 1 is 0.287 bits per heavy atom. The second kappa shape index (κ2) is 40.4. The number of carboxylic acid groups (broad SMARTS) is 1. The lowest BCUT2D eigenvalue weighted by Gasteiger charge is -2.52. The van der Waals surface area contributed by atoms with Crippen molar-refractivity contribution in [3.63, 3.8) is 0 Å². The Morgan fingerprint density at radius 3 is 0.878 bits per heavy atom. The van der Waals surface area contributed by atoms with Crippen LogP contribution in [0.1, 0.15) is 6.42 Å². The molecular weight excluding hydrogens is 1590 g/mol. The largest absolute Gasteiger partial charge is 0.477 e. The summed E-state index contributed by atoms with van der Waals surface area (Å²) in [4.78, 5) is 12.3. The maximum atomic E-state index is 12.7. The molecule has 0 radical (unpaired) electrons. The Balaban J connectivity index is 0.978. The Hall–Kier alpha value is -2.57. The smallest absolute Gasteiger partial charge is 0.364 e. The van der Waals surface area contributed by atoms with E-state index in [9.17, 15) is 173 Å². The summed E-state index contributed by atoms with van der Waals surface area (Å²) in [6.45, 7) is -11.9. The van der Waals surface area contributed by atoms with Gasteiger partial charge in [0.2, 0.25) is 0 Å². The number of carboxylic acids is 1. The van der Waals surface area contributed by atoms with Gasteiger partial charge >= 0.3 is 5.97 Å². The number of rotatable bonds is 30. The van der Waals surface area contributed by atoms with Gasteiger partial charge in [0.25, 0.3) is 5.79 Å². The van der Waals surface area contributed by atoms with Gasteiger partial charge in [0.15, 0.2) is 56.6 Å². The number of hydrogen-bond acceptors (Lipinski definition) is 52. The number of aliphatic carboxylic acids is 1. The second-order valence-electron chi connectivity index (χ2n) is 29.0. The van der Waals surface area contributed by atoms with Gasteiger partial charge in [0.05, 0.1) is 72.2 Å². The highest BCUT2D eigenvalue weighted by atomic mass is 16.8. The monoisotopic (exact) mass is 1700 g/mol. The zero-order valence-corrected chi connectivity index (χ0v) is 60.0. The molecular formula is C62H104O53. The minimum atomic E-state index is -3.37. The first-order valence-corrected chi connectivity index (χ1v) is 36.3. The lowest BCUT2D eigenvalue weighted by Crippen LogP contribution is -2.70. The molecule has 53 nitrogen and oxygen atoms in total. The van der Waals surface area contributed by atoms with Crippen LogP contribution in [0.4, 0.5) is 0 Å². The standard InChI is InChI=1S/C62H104O53/c63-2-13(73)44-43(12(72)1-62(96,115-44)61(94)95)107-58-42(93)49(112-54-38(89)30(81)25(76)16(5-66)100-54)48(111-60-51(32(83)27(78)18(7-68)102-60)114-57-41(92)35(86)46(20(9-70)105-57)109-53-37(88)29(80)24(75)15(4-65)99-53)22(106-58)11-97-59-50(31(82)26(77)17(6-67)101-59)113-56-40(91)34(85)47(21(10-71)104-56)110-55-39(90)33(84)45(19(8-69)103-55)108-52-36(87)28(79)23(74)14(3-64)98-52/h12-60,63-93,96H,1-11H2,(H,94,95)/t12-,13-,14-,15-,16-,17-,18-,19-,20-,21-,22-,23+,24+,25-,26-,27-,28+,29+,30+,31+,32+,33-,34-,35-,36-,37-,38-,39-,40-,41-,42-,43-,44-,45+,46-,47-,48-,49-,50-,51-,52+,53+,54+,55+,56-,57-,58-,59-,60+,62?/m1/s1. The summed E-state index contributed by atoms with van der Waals surface area (Å²) >= 11 is 0. The highest BCUT2D eigenvalue weighted by molar-refractivity contribution is 5.75. The lowest BCUT2D eigenvalue weighted by molar-refractivity contribution is -0.415. The summed E-state index contributed by atoms with van der Waals surface area (Å²) in [5.74, 6) is -5.54. The summed E-state index contributed by atoms with van der Waals surface area (Å²) in [6, 6.07) is 0. The molecule has 0 amide bonds. The Bertz CT molecular complexity index is 2960. The molecule has 0 saturated carbocycles. The highest BCUT2D eigenvalue weighted by Crippen LogP contribution is 2.42. The van der Waals surface area contributed by atoms with Crippen LogP contribution in [0.15, 0.2) is 0 Å². The molecule has 1 unspecified atom stereocenters. The minimum absolute atomic E-state index is 0.923. The van der Waals surface area contributed by atoms with Gasteiger partial charge in [-0.25, -0.2) is 4.79 Å². The summed E-state index contributed by atoms with van der Waals surface area (Å²) < 4.78 is 110. The van der Waals surface area contributed by atoms with E-state index in [0.717, 1.165) is 0 Å². The van der Waals surface area contributed by atoms with Crippen molar-refractivity contribution in [2.24, 2.45) is 0 Å². The van der Waals surface area contributed by atoms with Crippen LogP contribution in [0.3, 0.4) is 0 Å². The molecule has 10 heterocycles. The predicted molar refractivity (Wildman–Crippen MR) is 341 cm³/mol. The van der Waals surface area contributed by atoms with E-state index in [1.165, 1.54) is 0 Å². The van der Waals surface area contributed by atoms with Crippen LogP contribution in [0.5, 0.6) is 0 Å². The SMILES string of the molecule is O=C(O)C1(O)C[C@@H](O)[C@@H](O[C@H]2O[C@H](CO[C@@H]3O[C@H](CO)[C@@H](O)[C@H](O)[C@H]3O[C@H]3O[C@H](CO)[C@@H](O[C@@H]4O[C@H](CO)[C@H](O[C@@H]5O[C@H](CO)[C@H](O)[C@H](O)[C@H]5O)[C@H](O)[C@H]4O)[C@H](O)[C@H]3O)[C@@H](O[C@@H]3O[C@H](CO)[C@@H](O)[C@H](O)[C@H]3O[C@H]3O[C@H](CO)[C@@H](O[C@@H]4O[C@H](CO)[C@H](O)[C@H](O)[C@H]4O)[C@H](O)[C@H]3O)[C@H](O[C@@H]3O[C@H](CO)[C@@H](O)[C@H](O)[C@H]3O)[C@H]2O)[C@@H]([C@H](O)CO)O1. The number of ether oxygens (including phenoxy) is 19. The van der Waals surface area contributed by atoms with Gasteiger partial charge in [-0.05, 0) is 0 Å². The van der Waals surface area contributed by atoms with Crippen molar-refractivity contribution >= 4 is 5.97 Å². The first-order valence-electron chi connectivity index (χ1n) is 36.3. The van der Waals surface area contributed by atoms with E-state index in [1.54, 1.807) is 0 Å². The van der Waals surface area contributed by atoms with Gasteiger partial charge in [-0.2, -0.15) is 0 Å². The maximum Gasteiger partial charge on any atom is 0.364 e. The van der Waals surface area contributed by atoms with Crippen molar-refractivity contribution < 1.29 is 263 Å². The summed E-state index contributed by atoms with van der Waals surface area (Å²) in [6.07, 6.45) is -110. The molecule has 115 heavy (non-hydrogen) atoms. The molecule has 0 aromatic heterocycles. The van der Waals surface area contributed by atoms with Crippen LogP contribution in [-0.4, -0.2) is 547 Å². The molecule has 670 valence electrons. The quantitative estimate of drug-likeness (QED) is 0.0318. The molecule has 10 saturated heterocycles. The van der Waals surface area contributed by atoms with Gasteiger partial charge in [-0.15, -0.1) is 0 Å². The van der Waals surface area contributed by atoms with Crippen molar-refractivity contribution in [3.05, 3.63) is 0 Å². The van der Waals surface area contributed by atoms with Crippen molar-refractivity contribution in [1.29, 1.82) is 0 Å². The van der Waals surface area contributed by atoms with Crippen molar-refractivity contribution in [2.45, 2.75) is 313 Å². The van der Waals surface area contributed by atoms with Gasteiger partial charge in [-0.1, -0.05) is 0 Å². The third-order valence-corrected chi connectivity index (χ3v) is 21.4. The maximum absolute atomic E-state index is 12.7. The van der Waals surface area contributed by atoms with Crippen LogP contribution in [0.2, 0.25) is 0 Å². The first-order chi connectivity index (χ1) is 54.4. The fourth-order valence-corrected chi connectivity index (χ4v) is 14.7. The molecule has 0 aromatic carbocycles. The second-order valence-corrected chi connectivity index (χ2v) is 29.0. The normalized spacial score (nSPS) is 52.5. The third kappa shape index (κ3) is 19.7. The van der Waals surface area contributed by atoms with Gasteiger partial charge in [-0.3, -0.25) is 0 Å². The minimum Gasteiger partial charge on any atom is -0.477 e. The molecule has 10 fully saturated rings. The fraction of sp³-hybridized carbons (Fsp3) is 0.984. The Labute approximate surface area is 646 Å². The van der Waals surface area contributed by atoms with E-state index in [1.807, 2.05) is 0 Å². The van der Waals surface area contributed by atoms with Crippen LogP contribution < -0.4 is 0 Å². The molecule has 53 heteroatoms. The van der Waals surface area contributed by atoms with Crippen LogP contribution in [-0.2, 0) is 94.8 Å². The molecule has 33 N–H and O–H groups in total. The zero-order valence-electron chi connectivity index (χ0n) is 60.0. The zero-order chi connectivity index (χ0) is 84.6. The highest BCUT2D eigenvalue weighted by Gasteiger charge is 2.63. The average Bonchev–Trinajstić information content (AvgIpc) is 0.760. The van der Waals surface area contributed by atoms with Gasteiger partial charge in [0.1, 0.15) is 238 Å². The fourth-order valence-electron chi connectivity index (χ4n) is 14.7. The van der Waals surface area contributed by atoms with E-state index in [2.05, 4.69) is 0 Å². The Kier molecular flexibility index (Phi) is 33.2. The summed E-state index contributed by atoms with van der Waals surface area (Å²) in [5, 5.41) is 361. The number of hydrogen-bond donors (Lipinski definition) is 33. The third-order valence-electron chi connectivity index (χ3n) is 21.4. The topological polar surface area (TPSA) is 860 Å². The average molecular weight is 1700 g/mol. The van der Waals surface area contributed by atoms with E-state index < -0.39 is 385 Å². The molecule has 10 aliphatic heterocycles. The molecule has 0 aromatic rings. The number of aliphatic hydroxyl groups excluding tert-OH is 31. The summed E-state index contributed by atoms with van der Waals surface area (Å²) in [7, 11) is 0. The Morgan fingerprint density at radius 2 is 0.539 bits per heavy atom. The van der Waals surface area contributed by atoms with Crippen molar-refractivity contribution in [1.82, 2.24) is 0 Å². The van der Waals surface area contributed by atoms with E-state index in [4.69, 9.17) is 90.0 Å². The summed E-state index contributed by atoms with van der Waals surface area (Å²) in [5.41, 5.74) is 0. The molecule has 0 spiro atoms. The lowest BCUT2D eigenvalue weighted by atomic mass is 9.92. The molecule has 0 bridgehead atoms. The molecule has 10 aliphatic rings. The van der Waals surface area contributed by atoms with Gasteiger partial charge in [0, 0.05) is 6.42 Å². The first kappa shape index (κ1) is 94.7. The van der Waals surface area contributed by atoms with Crippen LogP contribution in [0.25, 0.3) is 0 Å². The van der Waals surface area contributed by atoms with Crippen molar-refractivity contribution in [3.8, 4) is 0 Å². The number of aliphatic hydroxyl groups is 32. The van der Waals surface area contributed by atoms with Gasteiger partial charge < -0.3 is 259 Å². The molecule has 10 rings (SSSR count). The van der Waals surface area contributed by atoms with E-state index in [-0.39, 0.29) is 0 Å². The molecule has 0 aliphatic carbocycles. The van der Waals surface area contributed by atoms with E-state index >= 15 is 0 Å². The predicted octanol–water partition coefficient (Wildman–Crippen LogP) is -23.0. The van der Waals surface area contributed by atoms with Crippen molar-refractivity contribution in [2.75, 3.05) is 66.1 Å². The van der Waals surface area contributed by atoms with Crippen LogP contribution in [0, 0.1) is 0 Å². The molecule has 50 atom stereocenters. The number of carbonyl (C=O) groups is 1. The van der Waals surface area contributed by atoms with E-state index in [0.29, 0.717) is 0 Å². The van der Waals surface area contributed by atoms with Crippen LogP contribution >= 0.6 is 0 Å².